The molecule has 0 aliphatic rings. The lowest BCUT2D eigenvalue weighted by atomic mass is 9.97. The molecule has 0 heterocycles. The molecule has 6 nitrogen and oxygen atoms in total. The largest absolute Gasteiger partial charge is 1.00 e. The molecule has 1 N–H and O–H groups in total. The topological polar surface area (TPSA) is 58.6 Å². The van der Waals surface area contributed by atoms with Gasteiger partial charge in [0, 0.05) is 18.7 Å². The van der Waals surface area contributed by atoms with Crippen molar-refractivity contribution in [2.24, 2.45) is 0 Å². The van der Waals surface area contributed by atoms with E-state index in [9.17, 15) is 9.59 Å². The maximum Gasteiger partial charge on any atom is 0.238 e. The lowest BCUT2D eigenvalue weighted by Gasteiger charge is -2.37. The van der Waals surface area contributed by atoms with Crippen LogP contribution in [-0.2, 0) is 20.7 Å². The average Bonchev–Trinajstić information content (AvgIpc) is 2.86. The summed E-state index contributed by atoms with van der Waals surface area (Å²) in [6, 6.07) is 12.2. The number of halogens is 1. The highest BCUT2D eigenvalue weighted by Gasteiger charge is 2.28. The van der Waals surface area contributed by atoms with Gasteiger partial charge in [0.1, 0.15) is 13.1 Å². The maximum atomic E-state index is 13.2. The number of quaternary nitrogens is 1. The molecule has 0 fully saturated rings. The number of benzene rings is 2. The van der Waals surface area contributed by atoms with Crippen LogP contribution < -0.4 is 22.3 Å². The van der Waals surface area contributed by atoms with Crippen LogP contribution in [0.4, 0.5) is 5.69 Å². The van der Waals surface area contributed by atoms with Crippen LogP contribution in [0.25, 0.3) is 0 Å². The fourth-order valence-electron chi connectivity index (χ4n) is 5.04. The first-order chi connectivity index (χ1) is 18.1. The van der Waals surface area contributed by atoms with Crippen molar-refractivity contribution < 1.29 is 35.8 Å². The van der Waals surface area contributed by atoms with E-state index in [-0.39, 0.29) is 22.9 Å². The van der Waals surface area contributed by atoms with Crippen LogP contribution in [0.1, 0.15) is 54.5 Å². The summed E-state index contributed by atoms with van der Waals surface area (Å²) in [5.41, 5.74) is 6.58. The summed E-state index contributed by atoms with van der Waals surface area (Å²) >= 11 is 0. The van der Waals surface area contributed by atoms with Gasteiger partial charge in [0.05, 0.1) is 32.8 Å². The predicted molar refractivity (Wildman–Crippen MR) is 158 cm³/mol. The Kier molecular flexibility index (Phi) is 15.8. The third kappa shape index (κ3) is 11.5. The summed E-state index contributed by atoms with van der Waals surface area (Å²) < 4.78 is 6.79. The first-order valence-corrected chi connectivity index (χ1v) is 14.1. The van der Waals surface area contributed by atoms with Gasteiger partial charge in [0.2, 0.25) is 5.91 Å². The molecule has 0 spiro atoms. The summed E-state index contributed by atoms with van der Waals surface area (Å²) in [5, 5.41) is 3.04. The quantitative estimate of drug-likeness (QED) is 0.223. The van der Waals surface area contributed by atoms with Crippen LogP contribution in [0.15, 0.2) is 36.4 Å². The highest BCUT2D eigenvalue weighted by atomic mass is 79.9. The van der Waals surface area contributed by atoms with Crippen LogP contribution >= 0.6 is 0 Å². The Hall–Kier alpha value is -2.06. The number of nitrogens with one attached hydrogen (secondary N) is 1. The Morgan fingerprint density at radius 2 is 1.49 bits per heavy atom. The molecule has 0 saturated carbocycles. The molecule has 0 aliphatic heterocycles. The van der Waals surface area contributed by atoms with Crippen molar-refractivity contribution in [3.8, 4) is 0 Å². The van der Waals surface area contributed by atoms with Crippen LogP contribution in [0.3, 0.4) is 0 Å². The number of amides is 1. The number of nitrogens with zero attached hydrogens (tertiary/aromatic N) is 2. The Morgan fingerprint density at radius 3 is 2.05 bits per heavy atom. The van der Waals surface area contributed by atoms with Crippen molar-refractivity contribution in [3.05, 3.63) is 64.2 Å². The zero-order chi connectivity index (χ0) is 28.1. The van der Waals surface area contributed by atoms with E-state index in [0.717, 1.165) is 53.8 Å². The number of anilines is 1. The number of ether oxygens (including phenoxy) is 1. The lowest BCUT2D eigenvalue weighted by Crippen LogP contribution is -3.00. The van der Waals surface area contributed by atoms with Gasteiger partial charge in [-0.05, 0) is 75.9 Å². The second kappa shape index (κ2) is 17.6. The number of aryl methyl sites for hydroxylation is 4. The van der Waals surface area contributed by atoms with Crippen molar-refractivity contribution in [3.63, 3.8) is 0 Å². The highest BCUT2D eigenvalue weighted by molar-refractivity contribution is 5.93. The molecule has 0 radical (unpaired) electrons. The Bertz CT molecular complexity index is 1020. The van der Waals surface area contributed by atoms with E-state index in [0.29, 0.717) is 45.1 Å². The highest BCUT2D eigenvalue weighted by Crippen LogP contribution is 2.19. The average molecular weight is 605 g/mol. The van der Waals surface area contributed by atoms with E-state index in [1.165, 1.54) is 16.7 Å². The molecule has 0 saturated heterocycles. The van der Waals surface area contributed by atoms with Gasteiger partial charge in [-0.2, -0.15) is 0 Å². The fourth-order valence-corrected chi connectivity index (χ4v) is 5.04. The molecule has 1 amide bonds. The minimum Gasteiger partial charge on any atom is -1.00 e. The van der Waals surface area contributed by atoms with Gasteiger partial charge in [0.25, 0.3) is 0 Å². The van der Waals surface area contributed by atoms with Gasteiger partial charge in [-0.3, -0.25) is 14.5 Å². The summed E-state index contributed by atoms with van der Waals surface area (Å²) in [6.45, 7) is 18.0. The number of rotatable bonds is 17. The van der Waals surface area contributed by atoms with Crippen molar-refractivity contribution >= 4 is 17.4 Å². The SMILES string of the molecule is CCCC[N+](CC)(CCOCCN(C)CC(=O)Nc1c(C)cccc1C)CC(=O)Cc1c(C)cccc1C.[Br-]. The molecule has 2 aromatic rings. The van der Waals surface area contributed by atoms with Crippen LogP contribution in [0.2, 0.25) is 0 Å². The minimum absolute atomic E-state index is 0. The number of unbranched alkanes of at least 4 members (excludes halogenated alkanes) is 1. The molecule has 7 heteroatoms. The van der Waals surface area contributed by atoms with Gasteiger partial charge in [-0.15, -0.1) is 0 Å². The second-order valence-electron chi connectivity index (χ2n) is 10.9. The van der Waals surface area contributed by atoms with Crippen molar-refractivity contribution in [2.75, 3.05) is 64.8 Å². The van der Waals surface area contributed by atoms with E-state index < -0.39 is 0 Å². The number of carbonyl (C=O) groups excluding carboxylic acids is 2. The summed E-state index contributed by atoms with van der Waals surface area (Å²) in [6.07, 6.45) is 2.71. The molecule has 1 unspecified atom stereocenters. The van der Waals surface area contributed by atoms with E-state index >= 15 is 0 Å². The molecule has 39 heavy (non-hydrogen) atoms. The molecular formula is C32H50BrN3O3. The van der Waals surface area contributed by atoms with Crippen LogP contribution in [0.5, 0.6) is 0 Å². The number of carbonyl (C=O) groups is 2. The van der Waals surface area contributed by atoms with E-state index in [1.54, 1.807) is 0 Å². The molecule has 2 rings (SSSR count). The zero-order valence-corrected chi connectivity index (χ0v) is 26.8. The Balaban J connectivity index is 0.00000760. The summed E-state index contributed by atoms with van der Waals surface area (Å²) in [7, 11) is 1.94. The lowest BCUT2D eigenvalue weighted by molar-refractivity contribution is -0.919. The number of Topliss-reactive ketones (excluding diaryl/α,β-unsaturated/α-hetero) is 1. The van der Waals surface area contributed by atoms with E-state index in [1.807, 2.05) is 44.0 Å². The normalized spacial score (nSPS) is 12.6. The number of hydrogen-bond donors (Lipinski definition) is 1. The molecule has 218 valence electrons. The molecule has 0 aliphatic carbocycles. The molecular weight excluding hydrogens is 554 g/mol. The van der Waals surface area contributed by atoms with Crippen LogP contribution in [0, 0.1) is 27.7 Å². The number of para-hydroxylation sites is 1. The molecule has 0 aromatic heterocycles. The Labute approximate surface area is 247 Å². The summed E-state index contributed by atoms with van der Waals surface area (Å²) in [5.74, 6) is 0.281. The third-order valence-electron chi connectivity index (χ3n) is 7.67. The fraction of sp³-hybridized carbons (Fsp3) is 0.562. The van der Waals surface area contributed by atoms with Gasteiger partial charge in [0.15, 0.2) is 5.78 Å². The zero-order valence-electron chi connectivity index (χ0n) is 25.2. The smallest absolute Gasteiger partial charge is 0.238 e. The van der Waals surface area contributed by atoms with Crippen molar-refractivity contribution in [1.82, 2.24) is 4.90 Å². The standard InChI is InChI=1S/C32H49N3O3.BrH/c1-8-10-18-35(9-2,24-29(36)22-30-25(3)13-11-14-26(30)4)19-21-38-20-17-34(7)23-31(37)33-32-27(5)15-12-16-28(32)6;/h11-16H,8-10,17-24H2,1-7H3;1H. The molecule has 1 atom stereocenters. The van der Waals surface area contributed by atoms with Crippen LogP contribution in [-0.4, -0.2) is 80.6 Å². The van der Waals surface area contributed by atoms with Gasteiger partial charge >= 0.3 is 0 Å². The number of likely N-dealkylation sites (N-methyl/N-ethyl adjacent to an activating group) is 2. The van der Waals surface area contributed by atoms with E-state index in [4.69, 9.17) is 4.74 Å². The first kappa shape index (κ1) is 35.0. The van der Waals surface area contributed by atoms with Crippen molar-refractivity contribution in [1.29, 1.82) is 0 Å². The maximum absolute atomic E-state index is 13.2. The first-order valence-electron chi connectivity index (χ1n) is 14.1. The van der Waals surface area contributed by atoms with Gasteiger partial charge < -0.3 is 31.5 Å². The third-order valence-corrected chi connectivity index (χ3v) is 7.67. The van der Waals surface area contributed by atoms with Gasteiger partial charge in [-0.25, -0.2) is 0 Å². The number of hydrogen-bond acceptors (Lipinski definition) is 4. The number of ketones is 1. The van der Waals surface area contributed by atoms with Gasteiger partial charge in [-0.1, -0.05) is 49.7 Å². The van der Waals surface area contributed by atoms with E-state index in [2.05, 4.69) is 51.2 Å². The second-order valence-corrected chi connectivity index (χ2v) is 10.9. The summed E-state index contributed by atoms with van der Waals surface area (Å²) in [4.78, 5) is 27.7. The molecule has 2 aromatic carbocycles. The van der Waals surface area contributed by atoms with Crippen molar-refractivity contribution in [2.45, 2.75) is 60.8 Å². The Morgan fingerprint density at radius 1 is 0.897 bits per heavy atom. The minimum atomic E-state index is -0.0199. The monoisotopic (exact) mass is 603 g/mol. The molecule has 0 bridgehead atoms. The predicted octanol–water partition coefficient (Wildman–Crippen LogP) is 2.26.